The normalized spacial score (nSPS) is 17.1. The van der Waals surface area contributed by atoms with Crippen LogP contribution in [-0.2, 0) is 16.1 Å². The minimum Gasteiger partial charge on any atom is -0.507 e. The summed E-state index contributed by atoms with van der Waals surface area (Å²) in [6, 6.07) is 14.4. The summed E-state index contributed by atoms with van der Waals surface area (Å²) in [7, 11) is 0. The van der Waals surface area contributed by atoms with E-state index in [1.54, 1.807) is 60.9 Å². The van der Waals surface area contributed by atoms with Gasteiger partial charge >= 0.3 is 0 Å². The molecule has 1 fully saturated rings. The molecular formula is C27H24Cl2N2O4. The standard InChI is InChI=1S/C27H24Cl2N2O4/c1-2-3-12-35-20-8-4-7-19(13-20)25(32)23-24(18-9-10-21(28)22(29)14-18)31(27(34)26(23)33)16-17-6-5-11-30-15-17/h4-11,13-15,24,32H,2-3,12,16H2,1H3. The predicted octanol–water partition coefficient (Wildman–Crippen LogP) is 6.19. The summed E-state index contributed by atoms with van der Waals surface area (Å²) in [6.07, 6.45) is 5.14. The van der Waals surface area contributed by atoms with Crippen LogP contribution in [-0.4, -0.2) is 33.3 Å². The van der Waals surface area contributed by atoms with Crippen LogP contribution in [0.4, 0.5) is 0 Å². The molecule has 0 bridgehead atoms. The molecule has 180 valence electrons. The number of ketones is 1. The van der Waals surface area contributed by atoms with E-state index in [9.17, 15) is 14.7 Å². The molecule has 1 aromatic heterocycles. The lowest BCUT2D eigenvalue weighted by Crippen LogP contribution is -2.29. The Bertz CT molecular complexity index is 1280. The van der Waals surface area contributed by atoms with Crippen LogP contribution < -0.4 is 4.74 Å². The second kappa shape index (κ2) is 10.9. The average molecular weight is 511 g/mol. The number of amides is 1. The van der Waals surface area contributed by atoms with Crippen LogP contribution in [0.3, 0.4) is 0 Å². The van der Waals surface area contributed by atoms with Gasteiger partial charge in [-0.05, 0) is 47.9 Å². The number of rotatable bonds is 8. The third-order valence-corrected chi connectivity index (χ3v) is 6.49. The van der Waals surface area contributed by atoms with E-state index in [1.807, 2.05) is 6.07 Å². The van der Waals surface area contributed by atoms with E-state index in [1.165, 1.54) is 4.90 Å². The van der Waals surface area contributed by atoms with Crippen LogP contribution in [0.25, 0.3) is 5.76 Å². The van der Waals surface area contributed by atoms with Crippen LogP contribution in [0, 0.1) is 0 Å². The monoisotopic (exact) mass is 510 g/mol. The van der Waals surface area contributed by atoms with Gasteiger partial charge in [-0.15, -0.1) is 0 Å². The van der Waals surface area contributed by atoms with E-state index in [2.05, 4.69) is 11.9 Å². The fourth-order valence-electron chi connectivity index (χ4n) is 3.98. The third kappa shape index (κ3) is 5.34. The minimum absolute atomic E-state index is 0.0250. The van der Waals surface area contributed by atoms with Crippen LogP contribution in [0.15, 0.2) is 72.6 Å². The molecule has 1 aliphatic rings. The van der Waals surface area contributed by atoms with Crippen molar-refractivity contribution in [2.45, 2.75) is 32.4 Å². The lowest BCUT2D eigenvalue weighted by Gasteiger charge is -2.25. The third-order valence-electron chi connectivity index (χ3n) is 5.75. The number of benzene rings is 2. The summed E-state index contributed by atoms with van der Waals surface area (Å²) in [5.74, 6) is -1.21. The molecule has 2 aromatic carbocycles. The van der Waals surface area contributed by atoms with Gasteiger partial charge in [0.05, 0.1) is 28.3 Å². The molecule has 1 N–H and O–H groups in total. The largest absolute Gasteiger partial charge is 0.507 e. The highest BCUT2D eigenvalue weighted by Crippen LogP contribution is 2.42. The van der Waals surface area contributed by atoms with Gasteiger partial charge < -0.3 is 14.7 Å². The number of ether oxygens (including phenoxy) is 1. The molecule has 1 saturated heterocycles. The summed E-state index contributed by atoms with van der Waals surface area (Å²) in [4.78, 5) is 31.9. The number of pyridine rings is 1. The Labute approximate surface area is 213 Å². The zero-order valence-electron chi connectivity index (χ0n) is 19.1. The van der Waals surface area contributed by atoms with E-state index in [4.69, 9.17) is 27.9 Å². The maximum Gasteiger partial charge on any atom is 0.295 e. The van der Waals surface area contributed by atoms with Crippen molar-refractivity contribution < 1.29 is 19.4 Å². The van der Waals surface area contributed by atoms with Crippen molar-refractivity contribution in [1.82, 2.24) is 9.88 Å². The molecule has 1 atom stereocenters. The highest BCUT2D eigenvalue weighted by molar-refractivity contribution is 6.46. The number of carbonyl (C=O) groups excluding carboxylic acids is 2. The van der Waals surface area contributed by atoms with Crippen molar-refractivity contribution in [3.05, 3.63) is 99.3 Å². The molecule has 1 aliphatic heterocycles. The molecular weight excluding hydrogens is 487 g/mol. The van der Waals surface area contributed by atoms with Crippen molar-refractivity contribution in [3.63, 3.8) is 0 Å². The van der Waals surface area contributed by atoms with Crippen LogP contribution >= 0.6 is 23.2 Å². The Balaban J connectivity index is 1.81. The van der Waals surface area contributed by atoms with Gasteiger partial charge in [0, 0.05) is 24.5 Å². The topological polar surface area (TPSA) is 79.7 Å². The zero-order valence-corrected chi connectivity index (χ0v) is 20.6. The van der Waals surface area contributed by atoms with E-state index in [0.29, 0.717) is 28.5 Å². The number of unbranched alkanes of at least 4 members (excludes halogenated alkanes) is 1. The number of aromatic nitrogens is 1. The second-order valence-electron chi connectivity index (χ2n) is 8.19. The lowest BCUT2D eigenvalue weighted by molar-refractivity contribution is -0.140. The van der Waals surface area contributed by atoms with E-state index in [0.717, 1.165) is 18.4 Å². The SMILES string of the molecule is CCCCOc1cccc(C(O)=C2C(=O)C(=O)N(Cc3cccnc3)C2c2ccc(Cl)c(Cl)c2)c1. The summed E-state index contributed by atoms with van der Waals surface area (Å²) < 4.78 is 5.75. The lowest BCUT2D eigenvalue weighted by atomic mass is 9.95. The first-order chi connectivity index (χ1) is 16.9. The number of nitrogens with zero attached hydrogens (tertiary/aromatic N) is 2. The molecule has 0 spiro atoms. The fraction of sp³-hybridized carbons (Fsp3) is 0.222. The highest BCUT2D eigenvalue weighted by atomic mass is 35.5. The number of aliphatic hydroxyl groups is 1. The smallest absolute Gasteiger partial charge is 0.295 e. The van der Waals surface area contributed by atoms with Crippen molar-refractivity contribution in [3.8, 4) is 5.75 Å². The molecule has 3 aromatic rings. The average Bonchev–Trinajstić information content (AvgIpc) is 3.11. The Hall–Kier alpha value is -3.35. The second-order valence-corrected chi connectivity index (χ2v) is 9.01. The number of halogens is 2. The predicted molar refractivity (Wildman–Crippen MR) is 135 cm³/mol. The van der Waals surface area contributed by atoms with E-state index < -0.39 is 17.7 Å². The van der Waals surface area contributed by atoms with Crippen LogP contribution in [0.2, 0.25) is 10.0 Å². The Morgan fingerprint density at radius 3 is 2.63 bits per heavy atom. The first-order valence-corrected chi connectivity index (χ1v) is 12.0. The number of hydrogen-bond donors (Lipinski definition) is 1. The number of aliphatic hydroxyl groups excluding tert-OH is 1. The Morgan fingerprint density at radius 1 is 1.09 bits per heavy atom. The van der Waals surface area contributed by atoms with Gasteiger partial charge in [0.25, 0.3) is 11.7 Å². The summed E-state index contributed by atoms with van der Waals surface area (Å²) >= 11 is 12.4. The molecule has 4 rings (SSSR count). The molecule has 0 saturated carbocycles. The first-order valence-electron chi connectivity index (χ1n) is 11.3. The number of likely N-dealkylation sites (tertiary alicyclic amines) is 1. The maximum absolute atomic E-state index is 13.2. The van der Waals surface area contributed by atoms with Gasteiger partial charge in [-0.2, -0.15) is 0 Å². The molecule has 35 heavy (non-hydrogen) atoms. The van der Waals surface area contributed by atoms with E-state index >= 15 is 0 Å². The van der Waals surface area contributed by atoms with Gasteiger partial charge in [0.15, 0.2) is 0 Å². The summed E-state index contributed by atoms with van der Waals surface area (Å²) in [5, 5.41) is 11.9. The quantitative estimate of drug-likeness (QED) is 0.169. The Morgan fingerprint density at radius 2 is 1.91 bits per heavy atom. The summed E-state index contributed by atoms with van der Waals surface area (Å²) in [6.45, 7) is 2.74. The van der Waals surface area contributed by atoms with Gasteiger partial charge in [-0.3, -0.25) is 14.6 Å². The van der Waals surface area contributed by atoms with Crippen LogP contribution in [0.1, 0.15) is 42.5 Å². The van der Waals surface area contributed by atoms with Crippen molar-refractivity contribution in [1.29, 1.82) is 0 Å². The van der Waals surface area contributed by atoms with Gasteiger partial charge in [-0.25, -0.2) is 0 Å². The van der Waals surface area contributed by atoms with Crippen LogP contribution in [0.5, 0.6) is 5.75 Å². The molecule has 1 unspecified atom stereocenters. The van der Waals surface area contributed by atoms with Crippen molar-refractivity contribution in [2.75, 3.05) is 6.61 Å². The van der Waals surface area contributed by atoms with Gasteiger partial charge in [0.2, 0.25) is 0 Å². The van der Waals surface area contributed by atoms with Gasteiger partial charge in [0.1, 0.15) is 11.5 Å². The molecule has 8 heteroatoms. The van der Waals surface area contributed by atoms with Gasteiger partial charge in [-0.1, -0.05) is 60.8 Å². The van der Waals surface area contributed by atoms with Crippen molar-refractivity contribution >= 4 is 40.7 Å². The molecule has 0 radical (unpaired) electrons. The minimum atomic E-state index is -0.866. The first kappa shape index (κ1) is 24.8. The molecule has 6 nitrogen and oxygen atoms in total. The maximum atomic E-state index is 13.2. The molecule has 2 heterocycles. The molecule has 1 amide bonds. The summed E-state index contributed by atoms with van der Waals surface area (Å²) in [5.41, 5.74) is 1.65. The zero-order chi connectivity index (χ0) is 24.9. The molecule has 0 aliphatic carbocycles. The number of hydrogen-bond acceptors (Lipinski definition) is 5. The number of Topliss-reactive ketones (excluding diaryl/α,β-unsaturated/α-hetero) is 1. The highest BCUT2D eigenvalue weighted by Gasteiger charge is 2.46. The number of carbonyl (C=O) groups is 2. The fourth-order valence-corrected chi connectivity index (χ4v) is 4.29. The van der Waals surface area contributed by atoms with E-state index in [-0.39, 0.29) is 22.9 Å². The van der Waals surface area contributed by atoms with Crippen molar-refractivity contribution in [2.24, 2.45) is 0 Å². The Kier molecular flexibility index (Phi) is 7.73.